The normalized spacial score (nSPS) is 51.7. The highest BCUT2D eigenvalue weighted by Crippen LogP contribution is 2.76. The lowest BCUT2D eigenvalue weighted by Crippen LogP contribution is -2.70. The summed E-state index contributed by atoms with van der Waals surface area (Å²) < 4.78 is 24.1. The van der Waals surface area contributed by atoms with E-state index in [4.69, 9.17) is 18.9 Å². The van der Waals surface area contributed by atoms with Crippen LogP contribution in [0, 0.1) is 45.3 Å². The van der Waals surface area contributed by atoms with Gasteiger partial charge in [-0.15, -0.1) is 0 Å². The first-order valence-electron chi connectivity index (χ1n) is 20.6. The van der Waals surface area contributed by atoms with E-state index in [9.17, 15) is 51.2 Å². The number of aliphatic hydroxyl groups excluding tert-OH is 9. The summed E-state index contributed by atoms with van der Waals surface area (Å²) in [7, 11) is 0. The average molecular weight is 803 g/mol. The van der Waals surface area contributed by atoms with Crippen molar-refractivity contribution in [2.45, 2.75) is 185 Å². The SMILES string of the molecule is CC(C)(C=CCC(C)(OC1OC(CO)C(OC2OC(CO)C(O)C2O)C(O)C1O)C1CCC2(C)C1C(O)CC1C3(C)CCC(O)C(C)(C)C3C(O)CC12C)OO. The fraction of sp³-hybridized carbons (Fsp3) is 0.951. The lowest BCUT2D eigenvalue weighted by Gasteiger charge is -2.71. The summed E-state index contributed by atoms with van der Waals surface area (Å²) in [4.78, 5) is 4.65. The van der Waals surface area contributed by atoms with Crippen LogP contribution in [0.1, 0.15) is 100 Å². The standard InChI is InChI=1S/C41H70O15/c1-36(2,56-51)12-9-13-41(8,55-35-31(50)29(48)32(24(19-43)53-35)54-34-30(49)28(47)23(18-42)52-34)20-10-15-39(6)27(20)21(44)16-25-38(5)14-11-26(46)37(3,4)33(38)22(45)17-40(25,39)7/h9,12,20-35,42-51H,10-11,13-19H2,1-8H3. The molecule has 6 fully saturated rings. The lowest BCUT2D eigenvalue weighted by molar-refractivity contribution is -0.353. The summed E-state index contributed by atoms with van der Waals surface area (Å²) in [5.74, 6) is -0.729. The molecule has 10 N–H and O–H groups in total. The first kappa shape index (κ1) is 44.7. The number of hydrogen-bond acceptors (Lipinski definition) is 15. The van der Waals surface area contributed by atoms with Gasteiger partial charge in [0.2, 0.25) is 0 Å². The van der Waals surface area contributed by atoms with Crippen molar-refractivity contribution in [1.29, 1.82) is 0 Å². The molecule has 15 heteroatoms. The van der Waals surface area contributed by atoms with E-state index in [1.54, 1.807) is 26.0 Å². The average Bonchev–Trinajstić information content (AvgIpc) is 3.64. The fourth-order valence-corrected chi connectivity index (χ4v) is 13.2. The highest BCUT2D eigenvalue weighted by atomic mass is 17.1. The molecular formula is C41H70O15. The molecule has 0 radical (unpaired) electrons. The Bertz CT molecular complexity index is 1410. The third kappa shape index (κ3) is 7.05. The minimum atomic E-state index is -1.72. The molecule has 4 saturated carbocycles. The number of fused-ring (bicyclic) bond motifs is 5. The molecule has 324 valence electrons. The van der Waals surface area contributed by atoms with Gasteiger partial charge in [0, 0.05) is 0 Å². The van der Waals surface area contributed by atoms with Gasteiger partial charge < -0.3 is 64.9 Å². The van der Waals surface area contributed by atoms with Gasteiger partial charge in [0.25, 0.3) is 0 Å². The molecule has 6 aliphatic rings. The Hall–Kier alpha value is -0.860. The zero-order valence-electron chi connectivity index (χ0n) is 34.3. The van der Waals surface area contributed by atoms with Crippen molar-refractivity contribution in [3.05, 3.63) is 12.2 Å². The van der Waals surface area contributed by atoms with Crippen molar-refractivity contribution in [3.63, 3.8) is 0 Å². The zero-order chi connectivity index (χ0) is 41.6. The van der Waals surface area contributed by atoms with E-state index in [-0.39, 0.29) is 35.5 Å². The monoisotopic (exact) mass is 802 g/mol. The lowest BCUT2D eigenvalue weighted by atomic mass is 9.34. The van der Waals surface area contributed by atoms with Crippen LogP contribution in [0.25, 0.3) is 0 Å². The smallest absolute Gasteiger partial charge is 0.187 e. The van der Waals surface area contributed by atoms with Gasteiger partial charge in [0.15, 0.2) is 12.6 Å². The quantitative estimate of drug-likeness (QED) is 0.0802. The molecule has 6 rings (SSSR count). The van der Waals surface area contributed by atoms with Crippen molar-refractivity contribution in [2.75, 3.05) is 13.2 Å². The Morgan fingerprint density at radius 2 is 1.38 bits per heavy atom. The van der Waals surface area contributed by atoms with Crippen molar-refractivity contribution < 1.29 is 75.1 Å². The van der Waals surface area contributed by atoms with Crippen molar-refractivity contribution in [1.82, 2.24) is 0 Å². The minimum absolute atomic E-state index is 0.0665. The van der Waals surface area contributed by atoms with Crippen LogP contribution in [0.5, 0.6) is 0 Å². The van der Waals surface area contributed by atoms with Gasteiger partial charge in [0.05, 0.1) is 37.1 Å². The number of ether oxygens (including phenoxy) is 4. The Kier molecular flexibility index (Phi) is 12.4. The van der Waals surface area contributed by atoms with Gasteiger partial charge in [-0.3, -0.25) is 5.26 Å². The van der Waals surface area contributed by atoms with Crippen molar-refractivity contribution in [3.8, 4) is 0 Å². The largest absolute Gasteiger partial charge is 0.394 e. The van der Waals surface area contributed by atoms with E-state index >= 15 is 0 Å². The Morgan fingerprint density at radius 3 is 1.98 bits per heavy atom. The second-order valence-corrected chi connectivity index (χ2v) is 20.2. The minimum Gasteiger partial charge on any atom is -0.394 e. The molecule has 56 heavy (non-hydrogen) atoms. The summed E-state index contributed by atoms with van der Waals surface area (Å²) in [6.45, 7) is 14.8. The molecule has 20 atom stereocenters. The predicted octanol–water partition coefficient (Wildman–Crippen LogP) is 1.23. The number of aliphatic hydroxyl groups is 9. The molecule has 0 bridgehead atoms. The van der Waals surface area contributed by atoms with Gasteiger partial charge >= 0.3 is 0 Å². The number of hydrogen-bond donors (Lipinski definition) is 10. The van der Waals surface area contributed by atoms with Crippen molar-refractivity contribution >= 4 is 0 Å². The van der Waals surface area contributed by atoms with E-state index in [1.807, 2.05) is 6.92 Å². The molecule has 0 aromatic carbocycles. The molecule has 0 amide bonds. The van der Waals surface area contributed by atoms with E-state index in [0.717, 1.165) is 12.8 Å². The maximum atomic E-state index is 12.4. The van der Waals surface area contributed by atoms with E-state index in [2.05, 4.69) is 39.5 Å². The summed E-state index contributed by atoms with van der Waals surface area (Å²) in [6, 6.07) is 0. The molecule has 15 nitrogen and oxygen atoms in total. The van der Waals surface area contributed by atoms with Gasteiger partial charge in [-0.05, 0) is 111 Å². The second kappa shape index (κ2) is 15.6. The molecule has 0 spiro atoms. The molecular weight excluding hydrogens is 732 g/mol. The van der Waals surface area contributed by atoms with Crippen LogP contribution in [-0.2, 0) is 23.8 Å². The van der Waals surface area contributed by atoms with Crippen LogP contribution in [0.4, 0.5) is 0 Å². The van der Waals surface area contributed by atoms with Crippen LogP contribution in [0.15, 0.2) is 12.2 Å². The third-order valence-corrected chi connectivity index (χ3v) is 16.3. The molecule has 20 unspecified atom stereocenters. The van der Waals surface area contributed by atoms with E-state index in [0.29, 0.717) is 25.7 Å². The maximum Gasteiger partial charge on any atom is 0.187 e. The molecule has 2 saturated heterocycles. The summed E-state index contributed by atoms with van der Waals surface area (Å²) in [5, 5.41) is 109. The first-order chi connectivity index (χ1) is 26.0. The van der Waals surface area contributed by atoms with Crippen LogP contribution in [0.3, 0.4) is 0 Å². The summed E-state index contributed by atoms with van der Waals surface area (Å²) >= 11 is 0. The highest BCUT2D eigenvalue weighted by Gasteiger charge is 2.73. The van der Waals surface area contributed by atoms with Crippen LogP contribution < -0.4 is 0 Å². The predicted molar refractivity (Wildman–Crippen MR) is 199 cm³/mol. The van der Waals surface area contributed by atoms with Gasteiger partial charge in [-0.25, -0.2) is 4.89 Å². The molecule has 0 aromatic heterocycles. The van der Waals surface area contributed by atoms with E-state index in [1.165, 1.54) is 0 Å². The molecule has 2 heterocycles. The van der Waals surface area contributed by atoms with Gasteiger partial charge in [-0.1, -0.05) is 46.8 Å². The Balaban J connectivity index is 1.31. The van der Waals surface area contributed by atoms with Crippen LogP contribution >= 0.6 is 0 Å². The van der Waals surface area contributed by atoms with E-state index < -0.39 is 114 Å². The molecule has 0 aromatic rings. The Morgan fingerprint density at radius 1 is 0.750 bits per heavy atom. The summed E-state index contributed by atoms with van der Waals surface area (Å²) in [6.07, 6.45) is -7.80. The highest BCUT2D eigenvalue weighted by molar-refractivity contribution is 5.22. The second-order valence-electron chi connectivity index (χ2n) is 20.2. The molecule has 2 aliphatic heterocycles. The molecule has 4 aliphatic carbocycles. The third-order valence-electron chi connectivity index (χ3n) is 16.3. The van der Waals surface area contributed by atoms with Gasteiger partial charge in [0.1, 0.15) is 48.3 Å². The fourth-order valence-electron chi connectivity index (χ4n) is 13.2. The van der Waals surface area contributed by atoms with Crippen LogP contribution in [-0.4, -0.2) is 149 Å². The van der Waals surface area contributed by atoms with Crippen molar-refractivity contribution in [2.24, 2.45) is 45.3 Å². The van der Waals surface area contributed by atoms with Crippen LogP contribution in [0.2, 0.25) is 0 Å². The number of rotatable bonds is 11. The zero-order valence-corrected chi connectivity index (χ0v) is 34.3. The maximum absolute atomic E-state index is 12.4. The first-order valence-corrected chi connectivity index (χ1v) is 20.6. The summed E-state index contributed by atoms with van der Waals surface area (Å²) in [5.41, 5.74) is -3.90. The Labute approximate surface area is 330 Å². The van der Waals surface area contributed by atoms with Gasteiger partial charge in [-0.2, -0.15) is 0 Å². The topological polar surface area (TPSA) is 248 Å².